The molecule has 8 nitrogen and oxygen atoms in total. The van der Waals surface area contributed by atoms with Crippen LogP contribution in [-0.4, -0.2) is 37.9 Å². The Morgan fingerprint density at radius 3 is 2.77 bits per heavy atom. The second-order valence-electron chi connectivity index (χ2n) is 6.41. The molecule has 0 saturated heterocycles. The average Bonchev–Trinajstić information content (AvgIpc) is 3.23. The van der Waals surface area contributed by atoms with Gasteiger partial charge in [0.1, 0.15) is 23.0 Å². The number of aryl methyl sites for hydroxylation is 1. The van der Waals surface area contributed by atoms with Crippen molar-refractivity contribution in [3.63, 3.8) is 0 Å². The van der Waals surface area contributed by atoms with Gasteiger partial charge in [-0.1, -0.05) is 25.1 Å². The zero-order chi connectivity index (χ0) is 18.7. The number of carbonyl (C=O) groups excluding carboxylic acids is 1. The molecular formula is C18H22N6O2. The Kier molecular flexibility index (Phi) is 5.01. The van der Waals surface area contributed by atoms with E-state index >= 15 is 0 Å². The quantitative estimate of drug-likeness (QED) is 0.760. The van der Waals surface area contributed by atoms with Gasteiger partial charge in [-0.2, -0.15) is 5.10 Å². The minimum absolute atomic E-state index is 0.255. The number of hydrogen-bond acceptors (Lipinski definition) is 5. The van der Waals surface area contributed by atoms with Crippen molar-refractivity contribution >= 4 is 11.8 Å². The number of urea groups is 1. The summed E-state index contributed by atoms with van der Waals surface area (Å²) in [5.74, 6) is 1.65. The predicted molar refractivity (Wildman–Crippen MR) is 97.5 cm³/mol. The molecular weight excluding hydrogens is 332 g/mol. The molecule has 0 bridgehead atoms. The van der Waals surface area contributed by atoms with E-state index < -0.39 is 0 Å². The highest BCUT2D eigenvalue weighted by Gasteiger charge is 2.16. The van der Waals surface area contributed by atoms with Crippen molar-refractivity contribution in [1.82, 2.24) is 24.8 Å². The summed E-state index contributed by atoms with van der Waals surface area (Å²) in [6.07, 6.45) is 1.71. The Hall–Kier alpha value is -3.16. The molecule has 0 aliphatic carbocycles. The number of hydrogen-bond donors (Lipinski definition) is 1. The molecule has 0 saturated carbocycles. The maximum absolute atomic E-state index is 12.5. The summed E-state index contributed by atoms with van der Waals surface area (Å²) in [7, 11) is 3.48. The molecule has 0 aliphatic rings. The summed E-state index contributed by atoms with van der Waals surface area (Å²) in [5.41, 5.74) is 2.16. The van der Waals surface area contributed by atoms with Crippen LogP contribution in [0.3, 0.4) is 0 Å². The van der Waals surface area contributed by atoms with E-state index in [9.17, 15) is 4.79 Å². The minimum Gasteiger partial charge on any atom is -0.361 e. The fraction of sp³-hybridized carbons (Fsp3) is 0.333. The highest BCUT2D eigenvalue weighted by molar-refractivity contribution is 5.88. The van der Waals surface area contributed by atoms with Crippen molar-refractivity contribution in [2.45, 2.75) is 26.3 Å². The molecule has 3 aromatic rings. The fourth-order valence-electron chi connectivity index (χ4n) is 2.42. The van der Waals surface area contributed by atoms with Crippen LogP contribution in [0.4, 0.5) is 10.6 Å². The van der Waals surface area contributed by atoms with Crippen LogP contribution < -0.4 is 5.32 Å². The van der Waals surface area contributed by atoms with Crippen LogP contribution in [0.25, 0.3) is 11.4 Å². The van der Waals surface area contributed by atoms with Crippen molar-refractivity contribution in [3.8, 4) is 11.4 Å². The van der Waals surface area contributed by atoms with Gasteiger partial charge in [0.15, 0.2) is 0 Å². The van der Waals surface area contributed by atoms with Crippen LogP contribution in [-0.2, 0) is 13.6 Å². The van der Waals surface area contributed by atoms with Gasteiger partial charge >= 0.3 is 6.03 Å². The second kappa shape index (κ2) is 7.38. The van der Waals surface area contributed by atoms with Crippen LogP contribution in [0.1, 0.15) is 31.2 Å². The van der Waals surface area contributed by atoms with Crippen LogP contribution in [0.2, 0.25) is 0 Å². The number of anilines is 1. The van der Waals surface area contributed by atoms with Crippen molar-refractivity contribution in [2.24, 2.45) is 7.05 Å². The van der Waals surface area contributed by atoms with E-state index in [2.05, 4.69) is 20.6 Å². The zero-order valence-corrected chi connectivity index (χ0v) is 15.3. The van der Waals surface area contributed by atoms with E-state index in [0.29, 0.717) is 23.8 Å². The monoisotopic (exact) mass is 354 g/mol. The van der Waals surface area contributed by atoms with Crippen LogP contribution in [0.15, 0.2) is 41.1 Å². The molecule has 0 spiro atoms. The van der Waals surface area contributed by atoms with Crippen LogP contribution in [0, 0.1) is 0 Å². The van der Waals surface area contributed by atoms with Gasteiger partial charge < -0.3 is 9.42 Å². The molecule has 0 unspecified atom stereocenters. The summed E-state index contributed by atoms with van der Waals surface area (Å²) >= 11 is 0. The first-order valence-electron chi connectivity index (χ1n) is 8.37. The first kappa shape index (κ1) is 17.7. The van der Waals surface area contributed by atoms with Gasteiger partial charge in [0.2, 0.25) is 0 Å². The molecule has 0 aromatic carbocycles. The third-order valence-electron chi connectivity index (χ3n) is 3.93. The molecule has 26 heavy (non-hydrogen) atoms. The van der Waals surface area contributed by atoms with Crippen molar-refractivity contribution in [2.75, 3.05) is 12.4 Å². The normalized spacial score (nSPS) is 11.0. The Morgan fingerprint density at radius 1 is 1.31 bits per heavy atom. The van der Waals surface area contributed by atoms with Gasteiger partial charge in [0, 0.05) is 38.3 Å². The SMILES string of the molecule is CC(C)c1cc(CN(C)C(=O)Nc2cc(-c3ccccn3)nn2C)no1. The highest BCUT2D eigenvalue weighted by Crippen LogP contribution is 2.20. The second-order valence-corrected chi connectivity index (χ2v) is 6.41. The van der Waals surface area contributed by atoms with Gasteiger partial charge in [-0.25, -0.2) is 4.79 Å². The Balaban J connectivity index is 1.66. The standard InChI is InChI=1S/C18H22N6O2/c1-12(2)16-9-13(22-26-16)11-23(3)18(25)20-17-10-15(21-24(17)4)14-7-5-6-8-19-14/h5-10,12H,11H2,1-4H3,(H,20,25). The molecule has 1 N–H and O–H groups in total. The summed E-state index contributed by atoms with van der Waals surface area (Å²) < 4.78 is 6.88. The summed E-state index contributed by atoms with van der Waals surface area (Å²) in [4.78, 5) is 18.3. The predicted octanol–water partition coefficient (Wildman–Crippen LogP) is 3.26. The van der Waals surface area contributed by atoms with Gasteiger partial charge in [-0.15, -0.1) is 0 Å². The lowest BCUT2D eigenvalue weighted by molar-refractivity contribution is 0.219. The molecule has 8 heteroatoms. The number of aromatic nitrogens is 4. The van der Waals surface area contributed by atoms with Crippen LogP contribution >= 0.6 is 0 Å². The Morgan fingerprint density at radius 2 is 2.12 bits per heavy atom. The lowest BCUT2D eigenvalue weighted by Gasteiger charge is -2.16. The zero-order valence-electron chi connectivity index (χ0n) is 15.3. The number of nitrogens with one attached hydrogen (secondary N) is 1. The number of carbonyl (C=O) groups is 1. The highest BCUT2D eigenvalue weighted by atomic mass is 16.5. The van der Waals surface area contributed by atoms with Gasteiger partial charge in [-0.3, -0.25) is 15.0 Å². The lowest BCUT2D eigenvalue weighted by atomic mass is 10.1. The maximum Gasteiger partial charge on any atom is 0.323 e. The maximum atomic E-state index is 12.5. The minimum atomic E-state index is -0.255. The largest absolute Gasteiger partial charge is 0.361 e. The Bertz CT molecular complexity index is 884. The average molecular weight is 354 g/mol. The van der Waals surface area contributed by atoms with E-state index in [0.717, 1.165) is 11.5 Å². The summed E-state index contributed by atoms with van der Waals surface area (Å²) in [6.45, 7) is 4.41. The number of rotatable bonds is 5. The summed E-state index contributed by atoms with van der Waals surface area (Å²) in [6, 6.07) is 9.02. The van der Waals surface area contributed by atoms with Gasteiger partial charge in [0.05, 0.1) is 12.2 Å². The third kappa shape index (κ3) is 3.90. The molecule has 0 aliphatic heterocycles. The third-order valence-corrected chi connectivity index (χ3v) is 3.93. The van der Waals surface area contributed by atoms with Gasteiger partial charge in [0.25, 0.3) is 0 Å². The molecule has 0 atom stereocenters. The van der Waals surface area contributed by atoms with E-state index in [1.54, 1.807) is 31.0 Å². The van der Waals surface area contributed by atoms with Crippen molar-refractivity contribution in [1.29, 1.82) is 0 Å². The smallest absolute Gasteiger partial charge is 0.323 e. The molecule has 2 amide bonds. The van der Waals surface area contributed by atoms with E-state index in [-0.39, 0.29) is 11.9 Å². The van der Waals surface area contributed by atoms with E-state index in [4.69, 9.17) is 4.52 Å². The molecule has 3 aromatic heterocycles. The molecule has 3 heterocycles. The first-order chi connectivity index (χ1) is 12.4. The fourth-order valence-corrected chi connectivity index (χ4v) is 2.42. The molecule has 0 fully saturated rings. The number of amides is 2. The molecule has 0 radical (unpaired) electrons. The number of nitrogens with zero attached hydrogens (tertiary/aromatic N) is 5. The lowest BCUT2D eigenvalue weighted by Crippen LogP contribution is -2.31. The van der Waals surface area contributed by atoms with Gasteiger partial charge in [-0.05, 0) is 12.1 Å². The topological polar surface area (TPSA) is 89.1 Å². The Labute approximate surface area is 151 Å². The van der Waals surface area contributed by atoms with Crippen molar-refractivity contribution in [3.05, 3.63) is 48.0 Å². The van der Waals surface area contributed by atoms with E-state index in [1.165, 1.54) is 4.90 Å². The van der Waals surface area contributed by atoms with E-state index in [1.807, 2.05) is 38.1 Å². The molecule has 3 rings (SSSR count). The summed E-state index contributed by atoms with van der Waals surface area (Å²) in [5, 5.41) is 11.3. The first-order valence-corrected chi connectivity index (χ1v) is 8.37. The van der Waals surface area contributed by atoms with Crippen molar-refractivity contribution < 1.29 is 9.32 Å². The molecule has 136 valence electrons. The van der Waals surface area contributed by atoms with Crippen LogP contribution in [0.5, 0.6) is 0 Å². The number of pyridine rings is 1.